The molecule has 15 heteroatoms. The topological polar surface area (TPSA) is 186 Å². The van der Waals surface area contributed by atoms with Crippen molar-refractivity contribution < 1.29 is 33.5 Å². The van der Waals surface area contributed by atoms with Crippen LogP contribution in [0.15, 0.2) is 61.1 Å². The number of ether oxygens (including phenoxy) is 1. The second kappa shape index (κ2) is 13.4. The number of para-hydroxylation sites is 2. The van der Waals surface area contributed by atoms with Gasteiger partial charge in [-0.25, -0.2) is 4.98 Å². The summed E-state index contributed by atoms with van der Waals surface area (Å²) in [5.41, 5.74) is 3.72. The number of nitrogens with zero attached hydrogens (tertiary/aromatic N) is 6. The van der Waals surface area contributed by atoms with E-state index in [0.717, 1.165) is 40.0 Å². The maximum absolute atomic E-state index is 13.0. The lowest BCUT2D eigenvalue weighted by atomic mass is 10.0. The summed E-state index contributed by atoms with van der Waals surface area (Å²) in [7, 11) is 0. The van der Waals surface area contributed by atoms with Crippen LogP contribution in [0.25, 0.3) is 22.3 Å². The molecule has 3 aliphatic rings. The third-order valence-corrected chi connectivity index (χ3v) is 8.95. The van der Waals surface area contributed by atoms with Gasteiger partial charge < -0.3 is 15.0 Å². The Bertz CT molecular complexity index is 2000. The predicted molar refractivity (Wildman–Crippen MR) is 173 cm³/mol. The second-order valence-corrected chi connectivity index (χ2v) is 12.1. The number of carbonyl (C=O) groups excluding carboxylic acids is 6. The summed E-state index contributed by atoms with van der Waals surface area (Å²) in [6, 6.07) is 11.0. The molecule has 7 rings (SSSR count). The van der Waals surface area contributed by atoms with E-state index in [1.807, 2.05) is 35.1 Å². The largest absolute Gasteiger partial charge is 0.371 e. The first kappa shape index (κ1) is 31.8. The Balaban J connectivity index is 0.842. The van der Waals surface area contributed by atoms with Gasteiger partial charge in [-0.05, 0) is 49.6 Å². The number of aromatic nitrogens is 4. The van der Waals surface area contributed by atoms with E-state index >= 15 is 0 Å². The van der Waals surface area contributed by atoms with E-state index in [0.29, 0.717) is 13.1 Å². The minimum absolute atomic E-state index is 0.0203. The Morgan fingerprint density at radius 2 is 1.71 bits per heavy atom. The third kappa shape index (κ3) is 6.52. The Hall–Kier alpha value is -5.83. The summed E-state index contributed by atoms with van der Waals surface area (Å²) < 4.78 is 7.38. The number of piperidine rings is 2. The molecule has 3 aliphatic heterocycles. The summed E-state index contributed by atoms with van der Waals surface area (Å²) in [5, 5.41) is 9.33. The molecular weight excluding hydrogens is 632 g/mol. The molecule has 0 spiro atoms. The van der Waals surface area contributed by atoms with E-state index in [-0.39, 0.29) is 61.2 Å². The zero-order valence-corrected chi connectivity index (χ0v) is 26.3. The molecule has 250 valence electrons. The van der Waals surface area contributed by atoms with Crippen molar-refractivity contribution >= 4 is 52.2 Å². The van der Waals surface area contributed by atoms with Gasteiger partial charge in [-0.3, -0.25) is 48.6 Å². The lowest BCUT2D eigenvalue weighted by Gasteiger charge is -2.32. The van der Waals surface area contributed by atoms with Crippen molar-refractivity contribution in [3.05, 3.63) is 72.2 Å². The van der Waals surface area contributed by atoms with Crippen molar-refractivity contribution in [2.45, 2.75) is 44.2 Å². The van der Waals surface area contributed by atoms with Gasteiger partial charge >= 0.3 is 0 Å². The minimum atomic E-state index is -1.08. The number of nitrogens with one attached hydrogen (secondary N) is 2. The van der Waals surface area contributed by atoms with Crippen LogP contribution in [0.4, 0.5) is 5.69 Å². The molecule has 15 nitrogen and oxygen atoms in total. The molecule has 0 saturated carbocycles. The Labute approximate surface area is 279 Å². The van der Waals surface area contributed by atoms with Gasteiger partial charge in [-0.15, -0.1) is 0 Å². The average molecular weight is 665 g/mol. The molecule has 0 bridgehead atoms. The lowest BCUT2D eigenvalue weighted by molar-refractivity contribution is -0.136. The molecular formula is C34H32N8O7. The fraction of sp³-hybridized carbons (Fsp3) is 0.324. The van der Waals surface area contributed by atoms with Crippen molar-refractivity contribution in [1.82, 2.24) is 34.9 Å². The maximum Gasteiger partial charge on any atom is 0.262 e. The van der Waals surface area contributed by atoms with Crippen LogP contribution < -0.4 is 10.6 Å². The summed E-state index contributed by atoms with van der Waals surface area (Å²) in [5.74, 6) is -3.02. The van der Waals surface area contributed by atoms with Gasteiger partial charge in [0.15, 0.2) is 0 Å². The molecule has 1 atom stereocenters. The van der Waals surface area contributed by atoms with Crippen molar-refractivity contribution in [2.75, 3.05) is 31.6 Å². The second-order valence-electron chi connectivity index (χ2n) is 12.1. The van der Waals surface area contributed by atoms with Crippen LogP contribution in [0.5, 0.6) is 0 Å². The third-order valence-electron chi connectivity index (χ3n) is 8.95. The maximum atomic E-state index is 13.0. The van der Waals surface area contributed by atoms with Crippen LogP contribution in [-0.2, 0) is 23.9 Å². The fourth-order valence-electron chi connectivity index (χ4n) is 6.37. The smallest absolute Gasteiger partial charge is 0.262 e. The van der Waals surface area contributed by atoms with Crippen LogP contribution >= 0.6 is 0 Å². The highest BCUT2D eigenvalue weighted by Gasteiger charge is 2.44. The number of imide groups is 2. The zero-order chi connectivity index (χ0) is 34.1. The molecule has 2 aromatic carbocycles. The Morgan fingerprint density at radius 3 is 2.51 bits per heavy atom. The average Bonchev–Trinajstić information content (AvgIpc) is 3.70. The van der Waals surface area contributed by atoms with Crippen LogP contribution in [0.2, 0.25) is 0 Å². The molecule has 2 N–H and O–H groups in total. The van der Waals surface area contributed by atoms with Gasteiger partial charge in [-0.1, -0.05) is 12.1 Å². The fourth-order valence-corrected chi connectivity index (χ4v) is 6.37. The number of hydrogen-bond acceptors (Lipinski definition) is 10. The molecule has 2 fully saturated rings. The first-order valence-corrected chi connectivity index (χ1v) is 16.0. The van der Waals surface area contributed by atoms with Gasteiger partial charge in [0.2, 0.25) is 23.6 Å². The van der Waals surface area contributed by atoms with E-state index in [1.54, 1.807) is 17.3 Å². The molecule has 5 heterocycles. The zero-order valence-electron chi connectivity index (χ0n) is 26.3. The monoisotopic (exact) mass is 664 g/mol. The van der Waals surface area contributed by atoms with Crippen LogP contribution in [0.1, 0.15) is 58.9 Å². The SMILES string of the molecule is O=C1CCC(N2C(=O)c3ccc(NC(=O)COCCC(=O)N4CCC(n5cc(-c6cnc7ccccc7n6)cn5)CC4)cc3C2=O)C(=O)N1. The number of benzene rings is 2. The number of rotatable bonds is 9. The molecule has 0 radical (unpaired) electrons. The lowest BCUT2D eigenvalue weighted by Crippen LogP contribution is -2.54. The molecule has 1 unspecified atom stereocenters. The van der Waals surface area contributed by atoms with Crippen LogP contribution in [0, 0.1) is 0 Å². The van der Waals surface area contributed by atoms with E-state index in [4.69, 9.17) is 9.72 Å². The molecule has 2 saturated heterocycles. The molecule has 0 aliphatic carbocycles. The molecule has 49 heavy (non-hydrogen) atoms. The molecule has 4 aromatic rings. The first-order valence-electron chi connectivity index (χ1n) is 16.0. The van der Waals surface area contributed by atoms with Gasteiger partial charge in [0.05, 0.1) is 59.3 Å². The summed E-state index contributed by atoms with van der Waals surface area (Å²) in [4.78, 5) is 86.8. The predicted octanol–water partition coefficient (Wildman–Crippen LogP) is 2.10. The van der Waals surface area contributed by atoms with E-state index in [1.165, 1.54) is 18.2 Å². The summed E-state index contributed by atoms with van der Waals surface area (Å²) in [6.07, 6.45) is 7.19. The van der Waals surface area contributed by atoms with E-state index in [2.05, 4.69) is 20.7 Å². The quantitative estimate of drug-likeness (QED) is 0.198. The van der Waals surface area contributed by atoms with Gasteiger partial charge in [0.25, 0.3) is 11.8 Å². The van der Waals surface area contributed by atoms with Crippen molar-refractivity contribution in [3.8, 4) is 11.3 Å². The number of hydrogen-bond donors (Lipinski definition) is 2. The Kier molecular flexibility index (Phi) is 8.65. The van der Waals surface area contributed by atoms with E-state index < -0.39 is 35.6 Å². The van der Waals surface area contributed by atoms with Crippen LogP contribution in [-0.4, -0.2) is 97.3 Å². The number of amides is 6. The van der Waals surface area contributed by atoms with Gasteiger partial charge in [0.1, 0.15) is 12.6 Å². The van der Waals surface area contributed by atoms with Crippen molar-refractivity contribution in [1.29, 1.82) is 0 Å². The highest BCUT2D eigenvalue weighted by Crippen LogP contribution is 2.30. The molecule has 6 amide bonds. The molecule has 2 aromatic heterocycles. The Morgan fingerprint density at radius 1 is 0.939 bits per heavy atom. The van der Waals surface area contributed by atoms with Gasteiger partial charge in [-0.2, -0.15) is 5.10 Å². The number of carbonyl (C=O) groups is 6. The van der Waals surface area contributed by atoms with E-state index in [9.17, 15) is 28.8 Å². The first-order chi connectivity index (χ1) is 23.7. The normalized spacial score (nSPS) is 18.2. The number of likely N-dealkylation sites (tertiary alicyclic amines) is 1. The van der Waals surface area contributed by atoms with Gasteiger partial charge in [0, 0.05) is 37.0 Å². The number of fused-ring (bicyclic) bond motifs is 2. The summed E-state index contributed by atoms with van der Waals surface area (Å²) >= 11 is 0. The minimum Gasteiger partial charge on any atom is -0.371 e. The van der Waals surface area contributed by atoms with Crippen molar-refractivity contribution in [2.24, 2.45) is 0 Å². The standard InChI is InChI=1S/C34H32N8O7/c43-29-8-7-28(32(46)39-29)42-33(47)23-6-5-21(15-24(23)34(42)48)37-30(44)19-49-14-11-31(45)40-12-9-22(10-13-40)41-18-20(16-36-41)27-17-35-25-3-1-2-4-26(25)38-27/h1-6,15-18,22,28H,7-14,19H2,(H,37,44)(H,39,43,46). The number of anilines is 1. The van der Waals surface area contributed by atoms with Crippen molar-refractivity contribution in [3.63, 3.8) is 0 Å². The van der Waals surface area contributed by atoms with Crippen LogP contribution in [0.3, 0.4) is 0 Å². The highest BCUT2D eigenvalue weighted by atomic mass is 16.5. The summed E-state index contributed by atoms with van der Waals surface area (Å²) in [6.45, 7) is 0.898. The highest BCUT2D eigenvalue weighted by molar-refractivity contribution is 6.24.